The van der Waals surface area contributed by atoms with Crippen LogP contribution in [-0.2, 0) is 7.05 Å². The van der Waals surface area contributed by atoms with Gasteiger partial charge in [0.05, 0.1) is 18.3 Å². The van der Waals surface area contributed by atoms with Crippen molar-refractivity contribution >= 4 is 0 Å². The van der Waals surface area contributed by atoms with Crippen molar-refractivity contribution in [2.45, 2.75) is 19.1 Å². The smallest absolute Gasteiger partial charge is 0.123 e. The van der Waals surface area contributed by atoms with Crippen LogP contribution in [0.2, 0.25) is 0 Å². The Bertz CT molecular complexity index is 846. The summed E-state index contributed by atoms with van der Waals surface area (Å²) in [6.45, 7) is 2.32. The Morgan fingerprint density at radius 2 is 1.96 bits per heavy atom. The highest BCUT2D eigenvalue weighted by atomic mass is 19.1. The van der Waals surface area contributed by atoms with Gasteiger partial charge in [0.15, 0.2) is 0 Å². The zero-order valence-corrected chi connectivity index (χ0v) is 14.4. The van der Waals surface area contributed by atoms with Crippen molar-refractivity contribution in [1.29, 1.82) is 0 Å². The molecule has 5 heteroatoms. The number of benzene rings is 2. The first-order valence-corrected chi connectivity index (χ1v) is 8.25. The number of rotatable bonds is 6. The lowest BCUT2D eigenvalue weighted by Crippen LogP contribution is -2.27. The van der Waals surface area contributed by atoms with Crippen LogP contribution in [0, 0.1) is 12.7 Å². The molecule has 2 atom stereocenters. The molecule has 0 aliphatic rings. The molecule has 1 aromatic heterocycles. The van der Waals surface area contributed by atoms with E-state index in [-0.39, 0.29) is 11.9 Å². The van der Waals surface area contributed by atoms with Crippen LogP contribution < -0.4 is 5.32 Å². The van der Waals surface area contributed by atoms with E-state index in [1.165, 1.54) is 12.1 Å². The lowest BCUT2D eigenvalue weighted by molar-refractivity contribution is 0.171. The second-order valence-corrected chi connectivity index (χ2v) is 6.22. The normalized spacial score (nSPS) is 13.6. The second-order valence-electron chi connectivity index (χ2n) is 6.22. The number of nitrogens with zero attached hydrogens (tertiary/aromatic N) is 2. The van der Waals surface area contributed by atoms with Gasteiger partial charge in [-0.3, -0.25) is 4.68 Å². The molecule has 0 amide bonds. The fraction of sp³-hybridized carbons (Fsp3) is 0.250. The molecular weight excluding hydrogens is 317 g/mol. The molecule has 0 bridgehead atoms. The van der Waals surface area contributed by atoms with E-state index >= 15 is 0 Å². The third-order valence-corrected chi connectivity index (χ3v) is 4.30. The summed E-state index contributed by atoms with van der Waals surface area (Å²) in [6, 6.07) is 14.0. The summed E-state index contributed by atoms with van der Waals surface area (Å²) in [7, 11) is 1.84. The molecule has 0 aliphatic carbocycles. The number of aryl methyl sites for hydroxylation is 2. The molecular formula is C20H22FN3O. The molecule has 0 saturated heterocycles. The van der Waals surface area contributed by atoms with E-state index < -0.39 is 6.10 Å². The Morgan fingerprint density at radius 1 is 1.16 bits per heavy atom. The first kappa shape index (κ1) is 17.3. The van der Waals surface area contributed by atoms with Crippen molar-refractivity contribution in [1.82, 2.24) is 15.1 Å². The van der Waals surface area contributed by atoms with Crippen LogP contribution in [0.5, 0.6) is 0 Å². The predicted molar refractivity (Wildman–Crippen MR) is 95.6 cm³/mol. The summed E-state index contributed by atoms with van der Waals surface area (Å²) < 4.78 is 15.4. The summed E-state index contributed by atoms with van der Waals surface area (Å²) in [6.07, 6.45) is 3.00. The molecule has 0 aliphatic heterocycles. The fourth-order valence-corrected chi connectivity index (χ4v) is 3.00. The zero-order chi connectivity index (χ0) is 17.8. The summed E-state index contributed by atoms with van der Waals surface area (Å²) in [4.78, 5) is 0. The van der Waals surface area contributed by atoms with Gasteiger partial charge in [-0.15, -0.1) is 0 Å². The van der Waals surface area contributed by atoms with E-state index in [2.05, 4.69) is 10.4 Å². The van der Waals surface area contributed by atoms with Gasteiger partial charge in [-0.25, -0.2) is 4.39 Å². The van der Waals surface area contributed by atoms with Gasteiger partial charge in [0.1, 0.15) is 5.82 Å². The molecule has 0 spiro atoms. The van der Waals surface area contributed by atoms with Crippen LogP contribution in [-0.4, -0.2) is 21.4 Å². The van der Waals surface area contributed by atoms with E-state index in [0.29, 0.717) is 6.54 Å². The first-order chi connectivity index (χ1) is 12.0. The number of hydrogen-bond donors (Lipinski definition) is 2. The minimum absolute atomic E-state index is 0.247. The summed E-state index contributed by atoms with van der Waals surface area (Å²) in [5, 5.41) is 18.1. The maximum atomic E-state index is 13.7. The Kier molecular flexibility index (Phi) is 5.26. The highest BCUT2D eigenvalue weighted by Crippen LogP contribution is 2.24. The van der Waals surface area contributed by atoms with Gasteiger partial charge in [-0.1, -0.05) is 36.4 Å². The number of nitrogens with one attached hydrogen (secondary N) is 1. The highest BCUT2D eigenvalue weighted by Gasteiger charge is 2.18. The standard InChI is InChI=1S/C20H22FN3O/c1-14-6-3-4-9-18(14)19(25)12-22-20(16-11-23-24(2)13-16)15-7-5-8-17(21)10-15/h3-11,13,19-20,22,25H,12H2,1-2H3. The number of aliphatic hydroxyl groups excluding tert-OH is 1. The quantitative estimate of drug-likeness (QED) is 0.725. The average molecular weight is 339 g/mol. The van der Waals surface area contributed by atoms with Crippen LogP contribution in [0.4, 0.5) is 4.39 Å². The predicted octanol–water partition coefficient (Wildman–Crippen LogP) is 3.28. The van der Waals surface area contributed by atoms with E-state index in [1.807, 2.05) is 50.5 Å². The van der Waals surface area contributed by atoms with Gasteiger partial charge in [-0.05, 0) is 35.7 Å². The van der Waals surface area contributed by atoms with Crippen molar-refractivity contribution in [3.8, 4) is 0 Å². The molecule has 3 rings (SSSR count). The van der Waals surface area contributed by atoms with Crippen LogP contribution >= 0.6 is 0 Å². The van der Waals surface area contributed by atoms with E-state index in [0.717, 1.165) is 22.3 Å². The number of aromatic nitrogens is 2. The van der Waals surface area contributed by atoms with Crippen molar-refractivity contribution in [2.75, 3.05) is 6.54 Å². The molecule has 2 N–H and O–H groups in total. The van der Waals surface area contributed by atoms with Crippen LogP contribution in [0.15, 0.2) is 60.9 Å². The second kappa shape index (κ2) is 7.59. The lowest BCUT2D eigenvalue weighted by atomic mass is 9.99. The van der Waals surface area contributed by atoms with Crippen LogP contribution in [0.1, 0.15) is 34.4 Å². The van der Waals surface area contributed by atoms with Gasteiger partial charge in [0.2, 0.25) is 0 Å². The lowest BCUT2D eigenvalue weighted by Gasteiger charge is -2.21. The topological polar surface area (TPSA) is 50.1 Å². The summed E-state index contributed by atoms with van der Waals surface area (Å²) in [5.74, 6) is -0.285. The third-order valence-electron chi connectivity index (χ3n) is 4.30. The third kappa shape index (κ3) is 4.13. The van der Waals surface area contributed by atoms with Crippen molar-refractivity contribution < 1.29 is 9.50 Å². The monoisotopic (exact) mass is 339 g/mol. The molecule has 0 fully saturated rings. The van der Waals surface area contributed by atoms with E-state index in [9.17, 15) is 9.50 Å². The van der Waals surface area contributed by atoms with E-state index in [4.69, 9.17) is 0 Å². The Morgan fingerprint density at radius 3 is 2.64 bits per heavy atom. The molecule has 0 radical (unpaired) electrons. The molecule has 2 unspecified atom stereocenters. The SMILES string of the molecule is Cc1ccccc1C(O)CNC(c1cccc(F)c1)c1cnn(C)c1. The van der Waals surface area contributed by atoms with Crippen LogP contribution in [0.25, 0.3) is 0 Å². The van der Waals surface area contributed by atoms with Crippen LogP contribution in [0.3, 0.4) is 0 Å². The molecule has 2 aromatic carbocycles. The van der Waals surface area contributed by atoms with Crippen molar-refractivity contribution in [3.63, 3.8) is 0 Å². The zero-order valence-electron chi connectivity index (χ0n) is 14.4. The number of aliphatic hydroxyl groups is 1. The van der Waals surface area contributed by atoms with Gasteiger partial charge in [0, 0.05) is 25.4 Å². The first-order valence-electron chi connectivity index (χ1n) is 8.25. The summed E-state index contributed by atoms with van der Waals surface area (Å²) in [5.41, 5.74) is 3.65. The molecule has 4 nitrogen and oxygen atoms in total. The maximum absolute atomic E-state index is 13.7. The van der Waals surface area contributed by atoms with Gasteiger partial charge < -0.3 is 10.4 Å². The minimum Gasteiger partial charge on any atom is -0.387 e. The average Bonchev–Trinajstić information content (AvgIpc) is 3.01. The Hall–Kier alpha value is -2.50. The maximum Gasteiger partial charge on any atom is 0.123 e. The number of halogens is 1. The highest BCUT2D eigenvalue weighted by molar-refractivity contribution is 5.31. The largest absolute Gasteiger partial charge is 0.387 e. The van der Waals surface area contributed by atoms with Crippen molar-refractivity contribution in [2.24, 2.45) is 7.05 Å². The minimum atomic E-state index is -0.645. The van der Waals surface area contributed by atoms with E-state index in [1.54, 1.807) is 16.9 Å². The Balaban J connectivity index is 1.82. The summed E-state index contributed by atoms with van der Waals surface area (Å²) >= 11 is 0. The fourth-order valence-electron chi connectivity index (χ4n) is 3.00. The molecule has 0 saturated carbocycles. The van der Waals surface area contributed by atoms with Gasteiger partial charge >= 0.3 is 0 Å². The van der Waals surface area contributed by atoms with Gasteiger partial charge in [-0.2, -0.15) is 5.10 Å². The van der Waals surface area contributed by atoms with Crippen molar-refractivity contribution in [3.05, 3.63) is 89.0 Å². The van der Waals surface area contributed by atoms with Gasteiger partial charge in [0.25, 0.3) is 0 Å². The molecule has 3 aromatic rings. The number of hydrogen-bond acceptors (Lipinski definition) is 3. The Labute approximate surface area is 146 Å². The molecule has 25 heavy (non-hydrogen) atoms. The molecule has 1 heterocycles. The molecule has 130 valence electrons.